The number of benzene rings is 4. The minimum Gasteiger partial charge on any atom is -0.494 e. The van der Waals surface area contributed by atoms with Gasteiger partial charge in [-0.3, -0.25) is 4.79 Å². The number of amides is 1. The molecular formula is C54H66BrN3O5S2. The molecule has 0 saturated heterocycles. The highest BCUT2D eigenvalue weighted by molar-refractivity contribution is 9.10. The average molecular weight is 981 g/mol. The molecule has 11 heteroatoms. The summed E-state index contributed by atoms with van der Waals surface area (Å²) in [6, 6.07) is 31.9. The molecule has 0 aliphatic carbocycles. The molecule has 65 heavy (non-hydrogen) atoms. The number of unbranched alkanes of at least 4 members (excludes halogenated alkanes) is 8. The van der Waals surface area contributed by atoms with Crippen LogP contribution >= 0.6 is 38.6 Å². The summed E-state index contributed by atoms with van der Waals surface area (Å²) < 4.78 is 17.7. The first-order valence-electron chi connectivity index (χ1n) is 23.0. The van der Waals surface area contributed by atoms with Crippen LogP contribution in [0.1, 0.15) is 111 Å². The van der Waals surface area contributed by atoms with Gasteiger partial charge in [0, 0.05) is 50.3 Å². The van der Waals surface area contributed by atoms with Crippen LogP contribution in [-0.2, 0) is 20.7 Å². The molecule has 346 valence electrons. The fourth-order valence-corrected chi connectivity index (χ4v) is 8.92. The highest BCUT2D eigenvalue weighted by atomic mass is 79.9. The molecule has 0 spiro atoms. The standard InChI is InChI=1S/C32H42N2O4S.C22H24BrNOS/c1-6-7-8-9-10-19-38-26-17-15-25(16-18-26)30-34-28(22-39-30)24-13-11-23(12-14-24)20-27(31(36)37-5)33-29(35)21-32(2,3)4;1-2-3-4-5-6-15-25-20-13-9-18(10-14-20)22-24-21(16-26-22)17-7-11-19(23)12-8-17/h11-18,22,27H,6-10,19-21H2,1-5H3,(H,33,35);7-14,16H,2-6,15H2,1H3/t27-;/m0./s1. The number of esters is 1. The number of halogens is 1. The highest BCUT2D eigenvalue weighted by Gasteiger charge is 2.25. The number of hydrogen-bond acceptors (Lipinski definition) is 9. The summed E-state index contributed by atoms with van der Waals surface area (Å²) in [5.74, 6) is 1.22. The number of thiazole rings is 2. The molecule has 0 saturated carbocycles. The lowest BCUT2D eigenvalue weighted by atomic mass is 9.91. The van der Waals surface area contributed by atoms with Crippen LogP contribution in [0.15, 0.2) is 112 Å². The Bertz CT molecular complexity index is 2300. The number of aromatic nitrogens is 2. The van der Waals surface area contributed by atoms with Crippen LogP contribution in [0.3, 0.4) is 0 Å². The topological polar surface area (TPSA) is 99.6 Å². The fourth-order valence-electron chi connectivity index (χ4n) is 6.99. The summed E-state index contributed by atoms with van der Waals surface area (Å²) in [5, 5.41) is 8.98. The molecule has 6 aromatic rings. The van der Waals surface area contributed by atoms with Crippen molar-refractivity contribution in [3.05, 3.63) is 118 Å². The van der Waals surface area contributed by atoms with Gasteiger partial charge in [-0.15, -0.1) is 22.7 Å². The summed E-state index contributed by atoms with van der Waals surface area (Å²) in [6.07, 6.45) is 13.1. The Labute approximate surface area is 403 Å². The Balaban J connectivity index is 0.000000264. The van der Waals surface area contributed by atoms with Crippen LogP contribution in [0, 0.1) is 5.41 Å². The van der Waals surface area contributed by atoms with Crippen LogP contribution in [0.4, 0.5) is 0 Å². The number of ether oxygens (including phenoxy) is 3. The third kappa shape index (κ3) is 17.8. The van der Waals surface area contributed by atoms with Crippen LogP contribution in [-0.4, -0.2) is 48.2 Å². The van der Waals surface area contributed by atoms with E-state index in [1.165, 1.54) is 58.5 Å². The largest absolute Gasteiger partial charge is 0.494 e. The van der Waals surface area contributed by atoms with Crippen molar-refractivity contribution in [1.29, 1.82) is 0 Å². The van der Waals surface area contributed by atoms with E-state index in [0.29, 0.717) is 12.8 Å². The van der Waals surface area contributed by atoms with Crippen LogP contribution in [0.25, 0.3) is 43.7 Å². The molecule has 0 fully saturated rings. The zero-order valence-corrected chi connectivity index (χ0v) is 42.2. The van der Waals surface area contributed by atoms with Gasteiger partial charge in [-0.05, 0) is 84.5 Å². The summed E-state index contributed by atoms with van der Waals surface area (Å²) in [7, 11) is 1.34. The average Bonchev–Trinajstić information content (AvgIpc) is 4.01. The summed E-state index contributed by atoms with van der Waals surface area (Å²) in [5.41, 5.74) is 7.01. The van der Waals surface area contributed by atoms with Crippen molar-refractivity contribution < 1.29 is 23.8 Å². The number of nitrogens with one attached hydrogen (secondary N) is 1. The second kappa shape index (κ2) is 27.0. The summed E-state index contributed by atoms with van der Waals surface area (Å²) in [6.45, 7) is 12.0. The normalized spacial score (nSPS) is 11.6. The Morgan fingerprint density at radius 2 is 1.05 bits per heavy atom. The van der Waals surface area contributed by atoms with E-state index in [2.05, 4.69) is 82.3 Å². The van der Waals surface area contributed by atoms with Crippen molar-refractivity contribution in [2.24, 2.45) is 5.41 Å². The zero-order valence-electron chi connectivity index (χ0n) is 39.0. The van der Waals surface area contributed by atoms with E-state index in [4.69, 9.17) is 24.2 Å². The summed E-state index contributed by atoms with van der Waals surface area (Å²) in [4.78, 5) is 34.3. The third-order valence-corrected chi connectivity index (χ3v) is 12.9. The molecule has 0 aliphatic heterocycles. The first kappa shape index (κ1) is 51.1. The van der Waals surface area contributed by atoms with Crippen molar-refractivity contribution in [3.63, 3.8) is 0 Å². The quantitative estimate of drug-likeness (QED) is 0.0504. The van der Waals surface area contributed by atoms with Gasteiger partial charge >= 0.3 is 5.97 Å². The van der Waals surface area contributed by atoms with E-state index in [9.17, 15) is 9.59 Å². The van der Waals surface area contributed by atoms with Gasteiger partial charge < -0.3 is 19.5 Å². The number of hydrogen-bond donors (Lipinski definition) is 1. The lowest BCUT2D eigenvalue weighted by molar-refractivity contribution is -0.145. The number of nitrogens with zero attached hydrogens (tertiary/aromatic N) is 2. The van der Waals surface area contributed by atoms with Gasteiger partial charge in [0.15, 0.2) is 0 Å². The van der Waals surface area contributed by atoms with Gasteiger partial charge in [0.05, 0.1) is 31.7 Å². The molecule has 1 atom stereocenters. The van der Waals surface area contributed by atoms with E-state index < -0.39 is 12.0 Å². The monoisotopic (exact) mass is 979 g/mol. The summed E-state index contributed by atoms with van der Waals surface area (Å²) >= 11 is 6.75. The SMILES string of the molecule is CCCCCCCOc1ccc(-c2nc(-c3ccc(Br)cc3)cs2)cc1.CCCCCCCOc1ccc(-c2nc(-c3ccc(C[C@H](NC(=O)CC(C)(C)C)C(=O)OC)cc3)cs2)cc1. The van der Waals surface area contributed by atoms with E-state index in [1.54, 1.807) is 22.7 Å². The molecule has 6 rings (SSSR count). The van der Waals surface area contributed by atoms with Crippen molar-refractivity contribution in [2.45, 2.75) is 118 Å². The lowest BCUT2D eigenvalue weighted by Gasteiger charge is -2.21. The minimum absolute atomic E-state index is 0.161. The van der Waals surface area contributed by atoms with Gasteiger partial charge in [-0.2, -0.15) is 0 Å². The maximum absolute atomic E-state index is 12.4. The van der Waals surface area contributed by atoms with Gasteiger partial charge in [-0.25, -0.2) is 14.8 Å². The van der Waals surface area contributed by atoms with Crippen LogP contribution in [0.5, 0.6) is 11.5 Å². The molecule has 4 aromatic carbocycles. The van der Waals surface area contributed by atoms with Gasteiger partial charge in [0.2, 0.25) is 5.91 Å². The van der Waals surface area contributed by atoms with Crippen molar-refractivity contribution in [3.8, 4) is 55.2 Å². The number of carbonyl (C=O) groups is 2. The Kier molecular flexibility index (Phi) is 21.2. The van der Waals surface area contributed by atoms with Gasteiger partial charge in [-0.1, -0.05) is 138 Å². The molecular weight excluding hydrogens is 915 g/mol. The number of carbonyl (C=O) groups excluding carboxylic acids is 2. The molecule has 0 bridgehead atoms. The fraction of sp³-hybridized carbons (Fsp3) is 0.407. The Hall–Kier alpha value is -4.84. The Morgan fingerprint density at radius 1 is 0.615 bits per heavy atom. The predicted octanol–water partition coefficient (Wildman–Crippen LogP) is 15.1. The van der Waals surface area contributed by atoms with Crippen LogP contribution < -0.4 is 14.8 Å². The van der Waals surface area contributed by atoms with E-state index >= 15 is 0 Å². The minimum atomic E-state index is -0.727. The molecule has 0 aliphatic rings. The molecule has 2 aromatic heterocycles. The van der Waals surface area contributed by atoms with E-state index in [-0.39, 0.29) is 11.3 Å². The molecule has 1 amide bonds. The van der Waals surface area contributed by atoms with Gasteiger partial charge in [0.25, 0.3) is 0 Å². The smallest absolute Gasteiger partial charge is 0.328 e. The third-order valence-electron chi connectivity index (χ3n) is 10.6. The first-order chi connectivity index (χ1) is 31.4. The van der Waals surface area contributed by atoms with Gasteiger partial charge in [0.1, 0.15) is 27.6 Å². The Morgan fingerprint density at radius 3 is 1.48 bits per heavy atom. The number of rotatable bonds is 23. The maximum Gasteiger partial charge on any atom is 0.328 e. The maximum atomic E-state index is 12.4. The second-order valence-corrected chi connectivity index (χ2v) is 20.1. The molecule has 0 unspecified atom stereocenters. The van der Waals surface area contributed by atoms with Crippen molar-refractivity contribution in [2.75, 3.05) is 20.3 Å². The van der Waals surface area contributed by atoms with Crippen molar-refractivity contribution in [1.82, 2.24) is 15.3 Å². The molecule has 0 radical (unpaired) electrons. The lowest BCUT2D eigenvalue weighted by Crippen LogP contribution is -2.44. The highest BCUT2D eigenvalue weighted by Crippen LogP contribution is 2.32. The van der Waals surface area contributed by atoms with Crippen LogP contribution in [0.2, 0.25) is 0 Å². The van der Waals surface area contributed by atoms with E-state index in [1.807, 2.05) is 81.4 Å². The predicted molar refractivity (Wildman–Crippen MR) is 274 cm³/mol. The number of methoxy groups -OCH3 is 1. The zero-order chi connectivity index (χ0) is 46.4. The van der Waals surface area contributed by atoms with E-state index in [0.717, 1.165) is 91.2 Å². The molecule has 1 N–H and O–H groups in total. The second-order valence-electron chi connectivity index (χ2n) is 17.4. The molecule has 8 nitrogen and oxygen atoms in total. The molecule has 2 heterocycles. The van der Waals surface area contributed by atoms with Crippen molar-refractivity contribution >= 4 is 50.5 Å². The first-order valence-corrected chi connectivity index (χ1v) is 25.6.